The van der Waals surface area contributed by atoms with Gasteiger partial charge in [0.15, 0.2) is 0 Å². The summed E-state index contributed by atoms with van der Waals surface area (Å²) < 4.78 is 5.20. The molecule has 0 saturated heterocycles. The predicted octanol–water partition coefficient (Wildman–Crippen LogP) is 3.73. The molecule has 0 bridgehead atoms. The third kappa shape index (κ3) is 3.85. The average molecular weight is 276 g/mol. The van der Waals surface area contributed by atoms with Crippen molar-refractivity contribution >= 4 is 11.8 Å². The van der Waals surface area contributed by atoms with E-state index in [9.17, 15) is 0 Å². The second kappa shape index (κ2) is 6.78. The van der Waals surface area contributed by atoms with Crippen molar-refractivity contribution in [1.82, 2.24) is 10.5 Å². The number of aryl methyl sites for hydroxylation is 2. The maximum absolute atomic E-state index is 5.20. The molecule has 0 saturated carbocycles. The van der Waals surface area contributed by atoms with Crippen LogP contribution < -0.4 is 5.32 Å². The van der Waals surface area contributed by atoms with Gasteiger partial charge in [-0.05, 0) is 32.9 Å². The molecule has 1 unspecified atom stereocenters. The topological polar surface area (TPSA) is 38.1 Å². The molecular formula is C15H20N2OS. The van der Waals surface area contributed by atoms with E-state index in [1.54, 1.807) is 0 Å². The molecule has 0 aliphatic rings. The van der Waals surface area contributed by atoms with Gasteiger partial charge in [0, 0.05) is 28.8 Å². The lowest BCUT2D eigenvalue weighted by atomic mass is 10.1. The van der Waals surface area contributed by atoms with Crippen molar-refractivity contribution < 1.29 is 4.52 Å². The first-order valence-corrected chi connectivity index (χ1v) is 7.51. The van der Waals surface area contributed by atoms with Gasteiger partial charge in [-0.15, -0.1) is 11.8 Å². The van der Waals surface area contributed by atoms with Crippen molar-refractivity contribution in [2.24, 2.45) is 0 Å². The SMILES string of the molecule is Cc1noc(C)c1C(C)NCCSc1ccccc1. The van der Waals surface area contributed by atoms with Crippen LogP contribution in [0.25, 0.3) is 0 Å². The molecule has 0 aliphatic carbocycles. The van der Waals surface area contributed by atoms with Gasteiger partial charge in [0.25, 0.3) is 0 Å². The summed E-state index contributed by atoms with van der Waals surface area (Å²) in [6.07, 6.45) is 0. The number of nitrogens with zero attached hydrogens (tertiary/aromatic N) is 1. The minimum absolute atomic E-state index is 0.280. The Hall–Kier alpha value is -1.26. The van der Waals surface area contributed by atoms with E-state index < -0.39 is 0 Å². The number of nitrogens with one attached hydrogen (secondary N) is 1. The summed E-state index contributed by atoms with van der Waals surface area (Å²) in [6.45, 7) is 7.07. The van der Waals surface area contributed by atoms with Gasteiger partial charge in [-0.25, -0.2) is 0 Å². The van der Waals surface area contributed by atoms with Crippen LogP contribution in [0.2, 0.25) is 0 Å². The Morgan fingerprint density at radius 1 is 1.26 bits per heavy atom. The van der Waals surface area contributed by atoms with E-state index >= 15 is 0 Å². The van der Waals surface area contributed by atoms with Crippen LogP contribution in [0.4, 0.5) is 0 Å². The van der Waals surface area contributed by atoms with Crippen LogP contribution in [0.5, 0.6) is 0 Å². The number of hydrogen-bond acceptors (Lipinski definition) is 4. The monoisotopic (exact) mass is 276 g/mol. The van der Waals surface area contributed by atoms with Crippen LogP contribution in [0.3, 0.4) is 0 Å². The molecule has 0 spiro atoms. The molecule has 0 aliphatic heterocycles. The number of aromatic nitrogens is 1. The van der Waals surface area contributed by atoms with Crippen LogP contribution in [0, 0.1) is 13.8 Å². The zero-order chi connectivity index (χ0) is 13.7. The highest BCUT2D eigenvalue weighted by Gasteiger charge is 2.15. The molecule has 2 rings (SSSR count). The van der Waals surface area contributed by atoms with E-state index in [4.69, 9.17) is 4.52 Å². The highest BCUT2D eigenvalue weighted by molar-refractivity contribution is 7.99. The fraction of sp³-hybridized carbons (Fsp3) is 0.400. The Bertz CT molecular complexity index is 491. The lowest BCUT2D eigenvalue weighted by Crippen LogP contribution is -2.22. The molecule has 3 nitrogen and oxygen atoms in total. The van der Waals surface area contributed by atoms with Crippen LogP contribution in [0.15, 0.2) is 39.8 Å². The number of thioether (sulfide) groups is 1. The zero-order valence-electron chi connectivity index (χ0n) is 11.6. The largest absolute Gasteiger partial charge is 0.361 e. The highest BCUT2D eigenvalue weighted by atomic mass is 32.2. The van der Waals surface area contributed by atoms with Gasteiger partial charge in [0.05, 0.1) is 5.69 Å². The number of benzene rings is 1. The third-order valence-corrected chi connectivity index (χ3v) is 4.10. The summed E-state index contributed by atoms with van der Waals surface area (Å²) in [5.74, 6) is 1.96. The van der Waals surface area contributed by atoms with Gasteiger partial charge in [-0.2, -0.15) is 0 Å². The summed E-state index contributed by atoms with van der Waals surface area (Å²) in [6, 6.07) is 10.7. The van der Waals surface area contributed by atoms with E-state index in [-0.39, 0.29) is 6.04 Å². The number of hydrogen-bond donors (Lipinski definition) is 1. The van der Waals surface area contributed by atoms with E-state index in [0.717, 1.165) is 23.8 Å². The Morgan fingerprint density at radius 2 is 2.00 bits per heavy atom. The molecule has 0 fully saturated rings. The standard InChI is InChI=1S/C15H20N2OS/c1-11(15-12(2)17-18-13(15)3)16-9-10-19-14-7-5-4-6-8-14/h4-8,11,16H,9-10H2,1-3H3. The minimum Gasteiger partial charge on any atom is -0.361 e. The summed E-state index contributed by atoms with van der Waals surface area (Å²) >= 11 is 1.87. The van der Waals surface area contributed by atoms with Gasteiger partial charge in [-0.3, -0.25) is 0 Å². The Labute approximate surface area is 118 Å². The number of rotatable bonds is 6. The molecule has 1 N–H and O–H groups in total. The average Bonchev–Trinajstić information content (AvgIpc) is 2.75. The van der Waals surface area contributed by atoms with E-state index in [1.807, 2.05) is 31.7 Å². The predicted molar refractivity (Wildman–Crippen MR) is 79.6 cm³/mol. The lowest BCUT2D eigenvalue weighted by molar-refractivity contribution is 0.390. The molecule has 1 atom stereocenters. The minimum atomic E-state index is 0.280. The normalized spacial score (nSPS) is 12.6. The molecule has 102 valence electrons. The lowest BCUT2D eigenvalue weighted by Gasteiger charge is -2.13. The molecule has 4 heteroatoms. The second-order valence-electron chi connectivity index (χ2n) is 4.58. The van der Waals surface area contributed by atoms with Crippen LogP contribution in [-0.4, -0.2) is 17.5 Å². The summed E-state index contributed by atoms with van der Waals surface area (Å²) in [4.78, 5) is 1.31. The van der Waals surface area contributed by atoms with Gasteiger partial charge in [0.2, 0.25) is 0 Å². The van der Waals surface area contributed by atoms with Crippen molar-refractivity contribution in [2.45, 2.75) is 31.7 Å². The quantitative estimate of drug-likeness (QED) is 0.644. The van der Waals surface area contributed by atoms with Crippen molar-refractivity contribution in [2.75, 3.05) is 12.3 Å². The maximum Gasteiger partial charge on any atom is 0.138 e. The van der Waals surface area contributed by atoms with Crippen LogP contribution in [-0.2, 0) is 0 Å². The van der Waals surface area contributed by atoms with Crippen LogP contribution in [0.1, 0.15) is 30.0 Å². The molecule has 2 aromatic rings. The Morgan fingerprint density at radius 3 is 2.63 bits per heavy atom. The first kappa shape index (κ1) is 14.2. The smallest absolute Gasteiger partial charge is 0.138 e. The highest BCUT2D eigenvalue weighted by Crippen LogP contribution is 2.21. The molecule has 1 heterocycles. The van der Waals surface area contributed by atoms with Crippen molar-refractivity contribution in [3.8, 4) is 0 Å². The van der Waals surface area contributed by atoms with E-state index in [0.29, 0.717) is 0 Å². The summed E-state index contributed by atoms with van der Waals surface area (Å²) in [5.41, 5.74) is 2.16. The first-order chi connectivity index (χ1) is 9.18. The fourth-order valence-electron chi connectivity index (χ4n) is 2.17. The summed E-state index contributed by atoms with van der Waals surface area (Å²) in [5, 5.41) is 7.51. The second-order valence-corrected chi connectivity index (χ2v) is 5.74. The van der Waals surface area contributed by atoms with Crippen LogP contribution >= 0.6 is 11.8 Å². The van der Waals surface area contributed by atoms with Crippen molar-refractivity contribution in [3.63, 3.8) is 0 Å². The van der Waals surface area contributed by atoms with E-state index in [1.165, 1.54) is 10.5 Å². The first-order valence-electron chi connectivity index (χ1n) is 6.52. The van der Waals surface area contributed by atoms with Crippen molar-refractivity contribution in [3.05, 3.63) is 47.3 Å². The van der Waals surface area contributed by atoms with E-state index in [2.05, 4.69) is 41.7 Å². The molecule has 0 amide bonds. The van der Waals surface area contributed by atoms with Crippen molar-refractivity contribution in [1.29, 1.82) is 0 Å². The third-order valence-electron chi connectivity index (χ3n) is 3.09. The van der Waals surface area contributed by atoms with Gasteiger partial charge in [0.1, 0.15) is 5.76 Å². The Balaban J connectivity index is 1.77. The molecule has 1 aromatic heterocycles. The fourth-order valence-corrected chi connectivity index (χ4v) is 2.98. The summed E-state index contributed by atoms with van der Waals surface area (Å²) in [7, 11) is 0. The molecule has 19 heavy (non-hydrogen) atoms. The zero-order valence-corrected chi connectivity index (χ0v) is 12.5. The Kier molecular flexibility index (Phi) is 5.05. The van der Waals surface area contributed by atoms with Gasteiger partial charge >= 0.3 is 0 Å². The van der Waals surface area contributed by atoms with Gasteiger partial charge in [-0.1, -0.05) is 23.4 Å². The van der Waals surface area contributed by atoms with Gasteiger partial charge < -0.3 is 9.84 Å². The molecule has 1 aromatic carbocycles. The molecular weight excluding hydrogens is 256 g/mol. The molecule has 0 radical (unpaired) electrons. The maximum atomic E-state index is 5.20.